The molecule has 0 aliphatic carbocycles. The number of aliphatic imine (C=N–C) groups is 2. The van der Waals surface area contributed by atoms with Gasteiger partial charge in [-0.3, -0.25) is 4.99 Å². The lowest BCUT2D eigenvalue weighted by Gasteiger charge is -2.07. The Bertz CT molecular complexity index is 1050. The molecule has 0 saturated carbocycles. The van der Waals surface area contributed by atoms with Crippen molar-refractivity contribution in [2.75, 3.05) is 6.61 Å². The fourth-order valence-corrected chi connectivity index (χ4v) is 3.51. The zero-order valence-electron chi connectivity index (χ0n) is 17.1. The summed E-state index contributed by atoms with van der Waals surface area (Å²) in [5.74, 6) is 0.618. The highest BCUT2D eigenvalue weighted by molar-refractivity contribution is 6.00. The van der Waals surface area contributed by atoms with Crippen molar-refractivity contribution < 1.29 is 4.74 Å². The van der Waals surface area contributed by atoms with Crippen molar-refractivity contribution in [2.24, 2.45) is 9.98 Å². The first-order chi connectivity index (χ1) is 14.1. The Morgan fingerprint density at radius 2 is 1.69 bits per heavy atom. The predicted molar refractivity (Wildman–Crippen MR) is 118 cm³/mol. The number of pyridine rings is 1. The molecule has 0 bridgehead atoms. The van der Waals surface area contributed by atoms with Gasteiger partial charge in [0.05, 0.1) is 23.1 Å². The lowest BCUT2D eigenvalue weighted by molar-refractivity contribution is 0.316. The third kappa shape index (κ3) is 4.43. The van der Waals surface area contributed by atoms with Gasteiger partial charge in [-0.25, -0.2) is 9.98 Å². The smallest absolute Gasteiger partial charge is 0.235 e. The fraction of sp³-hybridized carbons (Fsp3) is 0.240. The van der Waals surface area contributed by atoms with E-state index >= 15 is 0 Å². The van der Waals surface area contributed by atoms with E-state index in [0.717, 1.165) is 40.3 Å². The third-order valence-electron chi connectivity index (χ3n) is 5.08. The van der Waals surface area contributed by atoms with Gasteiger partial charge in [0.15, 0.2) is 0 Å². The van der Waals surface area contributed by atoms with Crippen LogP contribution in [0.5, 0.6) is 0 Å². The number of aryl methyl sites for hydroxylation is 2. The monoisotopic (exact) mass is 383 g/mol. The lowest BCUT2D eigenvalue weighted by Crippen LogP contribution is -2.10. The van der Waals surface area contributed by atoms with Crippen LogP contribution in [0.4, 0.5) is 5.69 Å². The Balaban J connectivity index is 1.56. The molecule has 0 unspecified atom stereocenters. The molecule has 1 aliphatic heterocycles. The molecular formula is C25H25N3O. The van der Waals surface area contributed by atoms with Crippen molar-refractivity contribution in [2.45, 2.75) is 33.2 Å². The highest BCUT2D eigenvalue weighted by Gasteiger charge is 2.21. The van der Waals surface area contributed by atoms with E-state index in [-0.39, 0.29) is 6.04 Å². The minimum absolute atomic E-state index is 0.127. The molecule has 4 rings (SSSR count). The zero-order chi connectivity index (χ0) is 20.2. The van der Waals surface area contributed by atoms with E-state index in [1.165, 1.54) is 5.56 Å². The first-order valence-corrected chi connectivity index (χ1v) is 9.94. The van der Waals surface area contributed by atoms with Crippen molar-refractivity contribution in [3.63, 3.8) is 0 Å². The molecule has 1 aliphatic rings. The second-order valence-electron chi connectivity index (χ2n) is 7.43. The molecule has 146 valence electrons. The number of aromatic nitrogens is 1. The van der Waals surface area contributed by atoms with Gasteiger partial charge in [0.25, 0.3) is 0 Å². The van der Waals surface area contributed by atoms with E-state index in [9.17, 15) is 0 Å². The van der Waals surface area contributed by atoms with Crippen LogP contribution in [0, 0.1) is 13.8 Å². The maximum absolute atomic E-state index is 5.86. The standard InChI is InChI=1S/C25H25N3O/c1-17-9-7-10-18(2)24(17)26-19(3)22-13-8-14-23(28-22)25-27-21(16-29-25)15-20-11-5-4-6-12-20/h4-14,21H,15-16H2,1-3H3/b26-19+/t21-/m0/s1. The topological polar surface area (TPSA) is 46.8 Å². The van der Waals surface area contributed by atoms with Gasteiger partial charge in [0.1, 0.15) is 12.3 Å². The number of benzene rings is 2. The first kappa shape index (κ1) is 19.1. The van der Waals surface area contributed by atoms with Gasteiger partial charge in [-0.1, -0.05) is 54.6 Å². The lowest BCUT2D eigenvalue weighted by atomic mass is 10.1. The molecular weight excluding hydrogens is 358 g/mol. The number of para-hydroxylation sites is 1. The van der Waals surface area contributed by atoms with E-state index in [2.05, 4.69) is 56.3 Å². The minimum atomic E-state index is 0.127. The Kier molecular flexibility index (Phi) is 5.52. The van der Waals surface area contributed by atoms with Gasteiger partial charge in [-0.05, 0) is 56.0 Å². The summed E-state index contributed by atoms with van der Waals surface area (Å²) in [4.78, 5) is 14.4. The van der Waals surface area contributed by atoms with Gasteiger partial charge >= 0.3 is 0 Å². The second-order valence-corrected chi connectivity index (χ2v) is 7.43. The van der Waals surface area contributed by atoms with Crippen molar-refractivity contribution in [3.05, 3.63) is 94.8 Å². The molecule has 4 nitrogen and oxygen atoms in total. The van der Waals surface area contributed by atoms with Crippen LogP contribution in [-0.2, 0) is 11.2 Å². The van der Waals surface area contributed by atoms with Gasteiger partial charge in [-0.15, -0.1) is 0 Å². The molecule has 0 N–H and O–H groups in total. The van der Waals surface area contributed by atoms with Crippen molar-refractivity contribution in [1.29, 1.82) is 0 Å². The largest absolute Gasteiger partial charge is 0.474 e. The van der Waals surface area contributed by atoms with Crippen LogP contribution in [0.1, 0.15) is 35.0 Å². The van der Waals surface area contributed by atoms with E-state index < -0.39 is 0 Å². The summed E-state index contributed by atoms with van der Waals surface area (Å²) in [7, 11) is 0. The van der Waals surface area contributed by atoms with E-state index in [1.807, 2.05) is 31.2 Å². The number of hydrogen-bond donors (Lipinski definition) is 0. The van der Waals surface area contributed by atoms with Crippen molar-refractivity contribution >= 4 is 17.3 Å². The van der Waals surface area contributed by atoms with Crippen LogP contribution in [0.2, 0.25) is 0 Å². The maximum Gasteiger partial charge on any atom is 0.235 e. The van der Waals surface area contributed by atoms with E-state index in [4.69, 9.17) is 19.7 Å². The third-order valence-corrected chi connectivity index (χ3v) is 5.08. The fourth-order valence-electron chi connectivity index (χ4n) is 3.51. The molecule has 0 fully saturated rings. The normalized spacial score (nSPS) is 16.4. The summed E-state index contributed by atoms with van der Waals surface area (Å²) < 4.78 is 5.86. The average Bonchev–Trinajstić information content (AvgIpc) is 3.20. The number of nitrogens with zero attached hydrogens (tertiary/aromatic N) is 3. The number of ether oxygens (including phenoxy) is 1. The van der Waals surface area contributed by atoms with Crippen molar-refractivity contribution in [1.82, 2.24) is 4.98 Å². The average molecular weight is 383 g/mol. The molecule has 0 amide bonds. The van der Waals surface area contributed by atoms with Crippen LogP contribution in [-0.4, -0.2) is 29.2 Å². The molecule has 0 spiro atoms. The van der Waals surface area contributed by atoms with Crippen LogP contribution >= 0.6 is 0 Å². The SMILES string of the molecule is C/C(=N\c1c(C)cccc1C)c1cccc(C2=N[C@@H](Cc3ccccc3)CO2)n1. The Morgan fingerprint density at radius 3 is 2.45 bits per heavy atom. The molecule has 0 radical (unpaired) electrons. The Labute approximate surface area is 172 Å². The van der Waals surface area contributed by atoms with Gasteiger partial charge < -0.3 is 4.74 Å². The summed E-state index contributed by atoms with van der Waals surface area (Å²) in [6, 6.07) is 22.6. The summed E-state index contributed by atoms with van der Waals surface area (Å²) >= 11 is 0. The molecule has 1 atom stereocenters. The minimum Gasteiger partial charge on any atom is -0.474 e. The van der Waals surface area contributed by atoms with Crippen molar-refractivity contribution in [3.8, 4) is 0 Å². The highest BCUT2D eigenvalue weighted by Crippen LogP contribution is 2.24. The van der Waals surface area contributed by atoms with Crippen LogP contribution in [0.25, 0.3) is 0 Å². The summed E-state index contributed by atoms with van der Waals surface area (Å²) in [5.41, 5.74) is 7.07. The van der Waals surface area contributed by atoms with Crippen LogP contribution in [0.15, 0.2) is 76.7 Å². The zero-order valence-corrected chi connectivity index (χ0v) is 17.1. The highest BCUT2D eigenvalue weighted by atomic mass is 16.5. The molecule has 2 aromatic carbocycles. The van der Waals surface area contributed by atoms with Gasteiger partial charge in [0, 0.05) is 0 Å². The predicted octanol–water partition coefficient (Wildman–Crippen LogP) is 5.23. The molecule has 3 aromatic rings. The van der Waals surface area contributed by atoms with E-state index in [0.29, 0.717) is 12.5 Å². The second kappa shape index (κ2) is 8.39. The van der Waals surface area contributed by atoms with Crippen LogP contribution in [0.3, 0.4) is 0 Å². The summed E-state index contributed by atoms with van der Waals surface area (Å²) in [6.45, 7) is 6.74. The number of hydrogen-bond acceptors (Lipinski definition) is 4. The molecule has 29 heavy (non-hydrogen) atoms. The Hall–Kier alpha value is -3.27. The van der Waals surface area contributed by atoms with Gasteiger partial charge in [-0.2, -0.15) is 0 Å². The summed E-state index contributed by atoms with van der Waals surface area (Å²) in [5, 5.41) is 0. The molecule has 2 heterocycles. The quantitative estimate of drug-likeness (QED) is 0.567. The summed E-state index contributed by atoms with van der Waals surface area (Å²) in [6.07, 6.45) is 0.872. The van der Waals surface area contributed by atoms with E-state index in [1.54, 1.807) is 0 Å². The first-order valence-electron chi connectivity index (χ1n) is 9.94. The maximum atomic E-state index is 5.86. The molecule has 1 aromatic heterocycles. The number of rotatable bonds is 5. The molecule has 0 saturated heterocycles. The molecule has 4 heteroatoms. The van der Waals surface area contributed by atoms with Gasteiger partial charge in [0.2, 0.25) is 5.90 Å². The van der Waals surface area contributed by atoms with Crippen LogP contribution < -0.4 is 0 Å². The Morgan fingerprint density at radius 1 is 0.966 bits per heavy atom.